The third-order valence-electron chi connectivity index (χ3n) is 2.36. The highest BCUT2D eigenvalue weighted by atomic mass is 79.9. The number of carbonyl (C=O) groups is 2. The molecule has 0 saturated carbocycles. The van der Waals surface area contributed by atoms with Gasteiger partial charge in [0.25, 0.3) is 0 Å². The maximum atomic E-state index is 11.5. The Bertz CT molecular complexity index is 433. The highest BCUT2D eigenvalue weighted by molar-refractivity contribution is 9.09. The van der Waals surface area contributed by atoms with Gasteiger partial charge in [-0.15, -0.1) is 0 Å². The minimum atomic E-state index is -0.358. The van der Waals surface area contributed by atoms with Crippen molar-refractivity contribution in [3.05, 3.63) is 29.8 Å². The number of hydrogen-bond acceptors (Lipinski definition) is 3. The molecule has 0 aromatic heterocycles. The summed E-state index contributed by atoms with van der Waals surface area (Å²) >= 11 is 3.12. The zero-order chi connectivity index (χ0) is 11.5. The Morgan fingerprint density at radius 1 is 1.50 bits per heavy atom. The van der Waals surface area contributed by atoms with Crippen molar-refractivity contribution < 1.29 is 14.3 Å². The van der Waals surface area contributed by atoms with E-state index in [0.717, 1.165) is 0 Å². The summed E-state index contributed by atoms with van der Waals surface area (Å²) in [7, 11) is 0. The van der Waals surface area contributed by atoms with Crippen LogP contribution in [-0.4, -0.2) is 30.4 Å². The molecule has 1 fully saturated rings. The minimum absolute atomic E-state index is 0.00517. The van der Waals surface area contributed by atoms with Crippen LogP contribution in [0, 0.1) is 0 Å². The van der Waals surface area contributed by atoms with Crippen LogP contribution in [0.2, 0.25) is 0 Å². The maximum Gasteiger partial charge on any atom is 0.414 e. The van der Waals surface area contributed by atoms with Crippen LogP contribution >= 0.6 is 15.9 Å². The van der Waals surface area contributed by atoms with Gasteiger partial charge in [-0.25, -0.2) is 4.79 Å². The molecule has 1 aromatic rings. The Kier molecular flexibility index (Phi) is 3.24. The fourth-order valence-corrected chi connectivity index (χ4v) is 1.88. The van der Waals surface area contributed by atoms with Crippen molar-refractivity contribution >= 4 is 33.5 Å². The van der Waals surface area contributed by atoms with Gasteiger partial charge in [0.2, 0.25) is 0 Å². The summed E-state index contributed by atoms with van der Waals surface area (Å²) in [5.74, 6) is -0.00517. The number of halogens is 1. The fraction of sp³-hybridized carbons (Fsp3) is 0.273. The largest absolute Gasteiger partial charge is 0.447 e. The minimum Gasteiger partial charge on any atom is -0.447 e. The van der Waals surface area contributed by atoms with E-state index in [0.29, 0.717) is 24.4 Å². The molecule has 16 heavy (non-hydrogen) atoms. The molecule has 1 saturated heterocycles. The summed E-state index contributed by atoms with van der Waals surface area (Å²) in [6.45, 7) is 0.931. The predicted molar refractivity (Wildman–Crippen MR) is 63.3 cm³/mol. The molecule has 84 valence electrons. The molecule has 4 nitrogen and oxygen atoms in total. The molecule has 5 heteroatoms. The number of carbonyl (C=O) groups excluding carboxylic acids is 2. The van der Waals surface area contributed by atoms with Crippen LogP contribution in [0.3, 0.4) is 0 Å². The van der Waals surface area contributed by atoms with E-state index >= 15 is 0 Å². The number of Topliss-reactive ketones (excluding diaryl/α,β-unsaturated/α-hetero) is 1. The number of alkyl halides is 1. The molecule has 1 aliphatic rings. The molecule has 0 bridgehead atoms. The third kappa shape index (κ3) is 2.09. The van der Waals surface area contributed by atoms with E-state index in [1.807, 2.05) is 0 Å². The van der Waals surface area contributed by atoms with Crippen molar-refractivity contribution in [2.75, 3.05) is 23.4 Å². The molecule has 1 aliphatic heterocycles. The van der Waals surface area contributed by atoms with Gasteiger partial charge in [0.1, 0.15) is 6.61 Å². The molecule has 0 atom stereocenters. The number of anilines is 1. The normalized spacial score (nSPS) is 15.1. The Labute approximate surface area is 101 Å². The molecule has 0 N–H and O–H groups in total. The lowest BCUT2D eigenvalue weighted by molar-refractivity contribution is 0.102. The van der Waals surface area contributed by atoms with Crippen molar-refractivity contribution in [1.29, 1.82) is 0 Å². The molecule has 0 spiro atoms. The number of benzene rings is 1. The lowest BCUT2D eigenvalue weighted by Crippen LogP contribution is -2.23. The Hall–Kier alpha value is -1.36. The van der Waals surface area contributed by atoms with Crippen molar-refractivity contribution in [3.63, 3.8) is 0 Å². The van der Waals surface area contributed by atoms with Crippen molar-refractivity contribution in [3.8, 4) is 0 Å². The Morgan fingerprint density at radius 3 is 2.94 bits per heavy atom. The summed E-state index contributed by atoms with van der Waals surface area (Å²) in [5.41, 5.74) is 1.29. The zero-order valence-corrected chi connectivity index (χ0v) is 10.1. The lowest BCUT2D eigenvalue weighted by atomic mass is 10.1. The van der Waals surface area contributed by atoms with Crippen LogP contribution < -0.4 is 4.90 Å². The Morgan fingerprint density at radius 2 is 2.31 bits per heavy atom. The monoisotopic (exact) mass is 283 g/mol. The van der Waals surface area contributed by atoms with Gasteiger partial charge in [0, 0.05) is 11.3 Å². The van der Waals surface area contributed by atoms with Crippen LogP contribution in [0.4, 0.5) is 10.5 Å². The summed E-state index contributed by atoms with van der Waals surface area (Å²) in [6.07, 6.45) is -0.358. The van der Waals surface area contributed by atoms with Gasteiger partial charge in [0.05, 0.1) is 11.9 Å². The van der Waals surface area contributed by atoms with Gasteiger partial charge < -0.3 is 4.74 Å². The van der Waals surface area contributed by atoms with E-state index in [2.05, 4.69) is 15.9 Å². The average Bonchev–Trinajstić information content (AvgIpc) is 2.74. The molecule has 1 heterocycles. The predicted octanol–water partition coefficient (Wildman–Crippen LogP) is 2.22. The molecule has 0 unspecified atom stereocenters. The van der Waals surface area contributed by atoms with Crippen LogP contribution in [0.1, 0.15) is 10.4 Å². The van der Waals surface area contributed by atoms with Crippen molar-refractivity contribution in [2.45, 2.75) is 0 Å². The first kappa shape index (κ1) is 11.1. The number of hydrogen-bond donors (Lipinski definition) is 0. The first-order chi connectivity index (χ1) is 7.72. The Balaban J connectivity index is 2.28. The number of rotatable bonds is 3. The van der Waals surface area contributed by atoms with E-state index in [1.54, 1.807) is 24.3 Å². The van der Waals surface area contributed by atoms with Gasteiger partial charge in [-0.3, -0.25) is 9.69 Å². The summed E-state index contributed by atoms with van der Waals surface area (Å²) in [5, 5.41) is 0.279. The van der Waals surface area contributed by atoms with Gasteiger partial charge in [0.15, 0.2) is 5.78 Å². The number of ether oxygens (including phenoxy) is 1. The first-order valence-corrected chi connectivity index (χ1v) is 5.98. The molecule has 0 radical (unpaired) electrons. The number of ketones is 1. The first-order valence-electron chi connectivity index (χ1n) is 4.86. The number of amides is 1. The van der Waals surface area contributed by atoms with Gasteiger partial charge in [-0.1, -0.05) is 28.1 Å². The van der Waals surface area contributed by atoms with E-state index in [4.69, 9.17) is 4.74 Å². The lowest BCUT2D eigenvalue weighted by Gasteiger charge is -2.13. The maximum absolute atomic E-state index is 11.5. The quantitative estimate of drug-likeness (QED) is 0.631. The van der Waals surface area contributed by atoms with Crippen LogP contribution in [0.5, 0.6) is 0 Å². The van der Waals surface area contributed by atoms with E-state index in [1.165, 1.54) is 4.90 Å². The summed E-state index contributed by atoms with van der Waals surface area (Å²) < 4.78 is 4.84. The average molecular weight is 284 g/mol. The topological polar surface area (TPSA) is 46.6 Å². The molecular formula is C11H10BrNO3. The fourth-order valence-electron chi connectivity index (χ4n) is 1.55. The second kappa shape index (κ2) is 4.65. The van der Waals surface area contributed by atoms with E-state index in [-0.39, 0.29) is 17.2 Å². The van der Waals surface area contributed by atoms with Gasteiger partial charge in [-0.2, -0.15) is 0 Å². The molecular weight excluding hydrogens is 274 g/mol. The highest BCUT2D eigenvalue weighted by Crippen LogP contribution is 2.20. The van der Waals surface area contributed by atoms with Gasteiger partial charge >= 0.3 is 6.09 Å². The molecule has 1 aromatic carbocycles. The van der Waals surface area contributed by atoms with E-state index in [9.17, 15) is 9.59 Å². The number of cyclic esters (lactones) is 1. The zero-order valence-electron chi connectivity index (χ0n) is 8.48. The summed E-state index contributed by atoms with van der Waals surface area (Å²) in [4.78, 5) is 24.3. The summed E-state index contributed by atoms with van der Waals surface area (Å²) in [6, 6.07) is 6.99. The molecule has 1 amide bonds. The van der Waals surface area contributed by atoms with Crippen LogP contribution in [0.15, 0.2) is 24.3 Å². The van der Waals surface area contributed by atoms with Crippen molar-refractivity contribution in [1.82, 2.24) is 0 Å². The van der Waals surface area contributed by atoms with Crippen LogP contribution in [-0.2, 0) is 4.74 Å². The number of nitrogens with zero attached hydrogens (tertiary/aromatic N) is 1. The van der Waals surface area contributed by atoms with E-state index < -0.39 is 0 Å². The third-order valence-corrected chi connectivity index (χ3v) is 2.87. The van der Waals surface area contributed by atoms with Crippen molar-refractivity contribution in [2.24, 2.45) is 0 Å². The molecule has 0 aliphatic carbocycles. The second-order valence-corrected chi connectivity index (χ2v) is 3.93. The molecule has 2 rings (SSSR count). The SMILES string of the molecule is O=C(CBr)c1cccc(N2CCOC2=O)c1. The standard InChI is InChI=1S/C11H10BrNO3/c12-7-10(14)8-2-1-3-9(6-8)13-4-5-16-11(13)15/h1-3,6H,4-5,7H2. The highest BCUT2D eigenvalue weighted by Gasteiger charge is 2.23. The van der Waals surface area contributed by atoms with Gasteiger partial charge in [-0.05, 0) is 12.1 Å². The second-order valence-electron chi connectivity index (χ2n) is 3.37. The smallest absolute Gasteiger partial charge is 0.414 e. The van der Waals surface area contributed by atoms with Crippen LogP contribution in [0.25, 0.3) is 0 Å².